The zero-order valence-electron chi connectivity index (χ0n) is 16.6. The normalized spacial score (nSPS) is 18.6. The van der Waals surface area contributed by atoms with E-state index in [9.17, 15) is 13.2 Å². The van der Waals surface area contributed by atoms with Crippen LogP contribution in [0.1, 0.15) is 31.2 Å². The van der Waals surface area contributed by atoms with Crippen molar-refractivity contribution in [3.63, 3.8) is 0 Å². The number of amides is 1. The Kier molecular flexibility index (Phi) is 8.73. The van der Waals surface area contributed by atoms with E-state index in [1.165, 1.54) is 4.31 Å². The first-order valence-electron chi connectivity index (χ1n) is 9.82. The summed E-state index contributed by atoms with van der Waals surface area (Å²) in [6.07, 6.45) is 3.75. The van der Waals surface area contributed by atoms with Gasteiger partial charge in [0.1, 0.15) is 0 Å². The Bertz CT molecular complexity index is 677. The van der Waals surface area contributed by atoms with Crippen LogP contribution in [-0.4, -0.2) is 69.6 Å². The number of nitrogens with one attached hydrogen (secondary N) is 1. The Morgan fingerprint density at radius 2 is 1.96 bits per heavy atom. The maximum absolute atomic E-state index is 12.7. The third-order valence-electron chi connectivity index (χ3n) is 4.94. The zero-order chi connectivity index (χ0) is 19.7. The van der Waals surface area contributed by atoms with Gasteiger partial charge in [0.05, 0.1) is 11.7 Å². The molecular weight excluding hydrogens is 362 g/mol. The van der Waals surface area contributed by atoms with Crippen molar-refractivity contribution in [2.24, 2.45) is 5.92 Å². The third-order valence-corrected chi connectivity index (χ3v) is 6.86. The molecule has 1 aliphatic heterocycles. The second-order valence-electron chi connectivity index (χ2n) is 7.55. The van der Waals surface area contributed by atoms with Crippen molar-refractivity contribution in [1.82, 2.24) is 14.5 Å². The number of carbonyl (C=O) groups is 1. The van der Waals surface area contributed by atoms with Gasteiger partial charge in [-0.25, -0.2) is 12.7 Å². The molecule has 0 aromatic heterocycles. The number of benzene rings is 1. The van der Waals surface area contributed by atoms with Gasteiger partial charge in [-0.05, 0) is 58.3 Å². The molecule has 0 bridgehead atoms. The van der Waals surface area contributed by atoms with E-state index in [4.69, 9.17) is 0 Å². The van der Waals surface area contributed by atoms with Crippen LogP contribution in [0.5, 0.6) is 0 Å². The van der Waals surface area contributed by atoms with E-state index in [2.05, 4.69) is 10.2 Å². The second-order valence-corrected chi connectivity index (χ2v) is 9.64. The molecule has 1 aromatic carbocycles. The first-order valence-corrected chi connectivity index (χ1v) is 11.4. The van der Waals surface area contributed by atoms with E-state index in [1.54, 1.807) is 0 Å². The minimum Gasteiger partial charge on any atom is -0.356 e. The second kappa shape index (κ2) is 10.8. The molecule has 27 heavy (non-hydrogen) atoms. The van der Waals surface area contributed by atoms with Crippen molar-refractivity contribution in [1.29, 1.82) is 0 Å². The van der Waals surface area contributed by atoms with Crippen LogP contribution < -0.4 is 5.32 Å². The molecule has 0 spiro atoms. The van der Waals surface area contributed by atoms with Gasteiger partial charge in [-0.2, -0.15) is 0 Å². The summed E-state index contributed by atoms with van der Waals surface area (Å²) in [5.41, 5.74) is 1.15. The fraction of sp³-hybridized carbons (Fsp3) is 0.650. The Labute approximate surface area is 164 Å². The van der Waals surface area contributed by atoms with Gasteiger partial charge in [0.2, 0.25) is 15.9 Å². The van der Waals surface area contributed by atoms with Crippen molar-refractivity contribution in [2.75, 3.05) is 46.0 Å². The molecule has 0 saturated carbocycles. The maximum Gasteiger partial charge on any atom is 0.224 e. The standard InChI is InChI=1S/C20H33N3O3S/c1-22(2)14-8-13-21-20(24)19-12-6-15-23(17-19)27(25,26)16-7-11-18-9-4-3-5-10-18/h3-5,9-10,19H,6-8,11-17H2,1-2H3,(H,21,24)/t19-/m1/s1. The molecule has 1 atom stereocenters. The topological polar surface area (TPSA) is 69.7 Å². The summed E-state index contributed by atoms with van der Waals surface area (Å²) < 4.78 is 26.9. The van der Waals surface area contributed by atoms with Gasteiger partial charge in [-0.15, -0.1) is 0 Å². The van der Waals surface area contributed by atoms with Crippen LogP contribution in [0.25, 0.3) is 0 Å². The number of nitrogens with zero attached hydrogens (tertiary/aromatic N) is 2. The highest BCUT2D eigenvalue weighted by atomic mass is 32.2. The van der Waals surface area contributed by atoms with E-state index in [1.807, 2.05) is 44.4 Å². The molecule has 0 radical (unpaired) electrons. The molecule has 1 amide bonds. The average Bonchev–Trinajstić information content (AvgIpc) is 2.66. The summed E-state index contributed by atoms with van der Waals surface area (Å²) in [6, 6.07) is 9.93. The zero-order valence-corrected chi connectivity index (χ0v) is 17.4. The number of hydrogen-bond donors (Lipinski definition) is 1. The molecule has 1 aromatic rings. The van der Waals surface area contributed by atoms with Crippen LogP contribution in [0.2, 0.25) is 0 Å². The van der Waals surface area contributed by atoms with Crippen LogP contribution in [-0.2, 0) is 21.2 Å². The number of aryl methyl sites for hydroxylation is 1. The van der Waals surface area contributed by atoms with Crippen LogP contribution >= 0.6 is 0 Å². The van der Waals surface area contributed by atoms with Crippen molar-refractivity contribution in [2.45, 2.75) is 32.1 Å². The quantitative estimate of drug-likeness (QED) is 0.613. The summed E-state index contributed by atoms with van der Waals surface area (Å²) in [5, 5.41) is 2.96. The number of hydrogen-bond acceptors (Lipinski definition) is 4. The van der Waals surface area contributed by atoms with Gasteiger partial charge in [-0.1, -0.05) is 30.3 Å². The number of rotatable bonds is 10. The molecule has 1 N–H and O–H groups in total. The van der Waals surface area contributed by atoms with Crippen LogP contribution in [0.15, 0.2) is 30.3 Å². The van der Waals surface area contributed by atoms with Gasteiger partial charge in [0.25, 0.3) is 0 Å². The number of carbonyl (C=O) groups excluding carboxylic acids is 1. The monoisotopic (exact) mass is 395 g/mol. The van der Waals surface area contributed by atoms with E-state index in [0.29, 0.717) is 26.1 Å². The molecule has 1 saturated heterocycles. The van der Waals surface area contributed by atoms with Gasteiger partial charge in [-0.3, -0.25) is 4.79 Å². The van der Waals surface area contributed by atoms with Gasteiger partial charge in [0.15, 0.2) is 0 Å². The lowest BCUT2D eigenvalue weighted by atomic mass is 9.99. The average molecular weight is 396 g/mol. The van der Waals surface area contributed by atoms with Crippen LogP contribution in [0, 0.1) is 5.92 Å². The van der Waals surface area contributed by atoms with E-state index in [-0.39, 0.29) is 17.6 Å². The van der Waals surface area contributed by atoms with Gasteiger partial charge >= 0.3 is 0 Å². The maximum atomic E-state index is 12.7. The first kappa shape index (κ1) is 21.9. The summed E-state index contributed by atoms with van der Waals surface area (Å²) in [6.45, 7) is 2.40. The predicted octanol–water partition coefficient (Wildman–Crippen LogP) is 1.73. The van der Waals surface area contributed by atoms with Crippen LogP contribution in [0.3, 0.4) is 0 Å². The summed E-state index contributed by atoms with van der Waals surface area (Å²) in [5.74, 6) is -0.112. The van der Waals surface area contributed by atoms with E-state index >= 15 is 0 Å². The Morgan fingerprint density at radius 1 is 1.22 bits per heavy atom. The molecule has 7 heteroatoms. The van der Waals surface area contributed by atoms with Crippen molar-refractivity contribution in [3.05, 3.63) is 35.9 Å². The fourth-order valence-corrected chi connectivity index (χ4v) is 4.97. The molecule has 2 rings (SSSR count). The molecule has 152 valence electrons. The summed E-state index contributed by atoms with van der Waals surface area (Å²) in [7, 11) is 0.697. The lowest BCUT2D eigenvalue weighted by molar-refractivity contribution is -0.126. The minimum absolute atomic E-state index is 0.0158. The first-order chi connectivity index (χ1) is 12.9. The highest BCUT2D eigenvalue weighted by molar-refractivity contribution is 7.89. The Hall–Kier alpha value is -1.44. The smallest absolute Gasteiger partial charge is 0.224 e. The van der Waals surface area contributed by atoms with Crippen molar-refractivity contribution < 1.29 is 13.2 Å². The molecule has 1 fully saturated rings. The van der Waals surface area contributed by atoms with Gasteiger partial charge < -0.3 is 10.2 Å². The minimum atomic E-state index is -3.31. The predicted molar refractivity (Wildman–Crippen MR) is 109 cm³/mol. The molecular formula is C20H33N3O3S. The number of sulfonamides is 1. The Balaban J connectivity index is 1.78. The summed E-state index contributed by atoms with van der Waals surface area (Å²) in [4.78, 5) is 14.4. The molecule has 6 nitrogen and oxygen atoms in total. The highest BCUT2D eigenvalue weighted by Gasteiger charge is 2.31. The molecule has 1 heterocycles. The van der Waals surface area contributed by atoms with E-state index in [0.717, 1.165) is 37.8 Å². The summed E-state index contributed by atoms with van der Waals surface area (Å²) >= 11 is 0. The largest absolute Gasteiger partial charge is 0.356 e. The van der Waals surface area contributed by atoms with Gasteiger partial charge in [0, 0.05) is 19.6 Å². The lowest BCUT2D eigenvalue weighted by Gasteiger charge is -2.31. The molecule has 0 unspecified atom stereocenters. The van der Waals surface area contributed by atoms with Crippen LogP contribution in [0.4, 0.5) is 0 Å². The fourth-order valence-electron chi connectivity index (χ4n) is 3.39. The van der Waals surface area contributed by atoms with E-state index < -0.39 is 10.0 Å². The number of piperidine rings is 1. The SMILES string of the molecule is CN(C)CCCNC(=O)[C@@H]1CCCN(S(=O)(=O)CCCc2ccccc2)C1. The Morgan fingerprint density at radius 3 is 2.67 bits per heavy atom. The third kappa shape index (κ3) is 7.60. The molecule has 0 aliphatic carbocycles. The van der Waals surface area contributed by atoms with Crippen molar-refractivity contribution >= 4 is 15.9 Å². The molecule has 1 aliphatic rings. The lowest BCUT2D eigenvalue weighted by Crippen LogP contribution is -2.46. The van der Waals surface area contributed by atoms with Crippen molar-refractivity contribution in [3.8, 4) is 0 Å². The highest BCUT2D eigenvalue weighted by Crippen LogP contribution is 2.20.